The molecule has 124 valence electrons. The summed E-state index contributed by atoms with van der Waals surface area (Å²) in [5.41, 5.74) is 2.05. The predicted octanol–water partition coefficient (Wildman–Crippen LogP) is 4.13. The van der Waals surface area contributed by atoms with Gasteiger partial charge in [0.2, 0.25) is 0 Å². The van der Waals surface area contributed by atoms with Crippen LogP contribution in [0.5, 0.6) is 0 Å². The topological polar surface area (TPSA) is 46.6 Å². The minimum absolute atomic E-state index is 0.0255. The molecule has 1 heterocycles. The number of halogens is 2. The van der Waals surface area contributed by atoms with Gasteiger partial charge in [-0.15, -0.1) is 0 Å². The van der Waals surface area contributed by atoms with Crippen molar-refractivity contribution in [2.24, 2.45) is 0 Å². The molecular weight excluding hydrogens is 349 g/mol. The van der Waals surface area contributed by atoms with Gasteiger partial charge in [0.25, 0.3) is 5.91 Å². The average molecular weight is 364 g/mol. The van der Waals surface area contributed by atoms with E-state index in [1.54, 1.807) is 23.1 Å². The summed E-state index contributed by atoms with van der Waals surface area (Å²) in [4.78, 5) is 26.3. The van der Waals surface area contributed by atoms with Gasteiger partial charge in [0.1, 0.15) is 0 Å². The van der Waals surface area contributed by atoms with E-state index in [0.717, 1.165) is 17.7 Å². The van der Waals surface area contributed by atoms with Crippen LogP contribution in [0, 0.1) is 0 Å². The Balaban J connectivity index is 1.71. The zero-order valence-corrected chi connectivity index (χ0v) is 14.5. The third-order valence-electron chi connectivity index (χ3n) is 3.97. The molecule has 1 aliphatic heterocycles. The molecule has 1 amide bonds. The number of amides is 1. The van der Waals surface area contributed by atoms with Gasteiger partial charge in [0.05, 0.1) is 15.6 Å². The second-order valence-electron chi connectivity index (χ2n) is 5.62. The van der Waals surface area contributed by atoms with Gasteiger partial charge >= 0.3 is 5.97 Å². The number of anilines is 1. The van der Waals surface area contributed by atoms with Crippen molar-refractivity contribution in [3.63, 3.8) is 0 Å². The van der Waals surface area contributed by atoms with Gasteiger partial charge in [0, 0.05) is 11.7 Å². The van der Waals surface area contributed by atoms with Gasteiger partial charge in [0.15, 0.2) is 6.61 Å². The molecule has 0 saturated carbocycles. The molecule has 6 heteroatoms. The number of nitrogens with zero attached hydrogens (tertiary/aromatic N) is 1. The number of carbonyl (C=O) groups is 2. The van der Waals surface area contributed by atoms with Crippen LogP contribution in [0.1, 0.15) is 22.8 Å². The van der Waals surface area contributed by atoms with Crippen molar-refractivity contribution in [3.8, 4) is 0 Å². The van der Waals surface area contributed by atoms with E-state index in [9.17, 15) is 9.59 Å². The standard InChI is InChI=1S/C18H15Cl2NO3/c1-11-9-12-5-2-3-8-15(12)21(11)16(22)10-24-18(23)17-13(19)6-4-7-14(17)20/h2-8,11H,9-10H2,1H3/t11-/m1/s1. The number of hydrogen-bond donors (Lipinski definition) is 0. The third-order valence-corrected chi connectivity index (χ3v) is 4.60. The second kappa shape index (κ2) is 6.83. The molecule has 1 atom stereocenters. The SMILES string of the molecule is C[C@@H]1Cc2ccccc2N1C(=O)COC(=O)c1c(Cl)cccc1Cl. The van der Waals surface area contributed by atoms with Crippen molar-refractivity contribution in [1.29, 1.82) is 0 Å². The van der Waals surface area contributed by atoms with Gasteiger partial charge in [-0.1, -0.05) is 47.5 Å². The van der Waals surface area contributed by atoms with E-state index in [1.165, 1.54) is 0 Å². The molecule has 0 spiro atoms. The molecule has 0 radical (unpaired) electrons. The van der Waals surface area contributed by atoms with E-state index in [1.807, 2.05) is 31.2 Å². The molecule has 2 aromatic carbocycles. The molecule has 1 aliphatic rings. The van der Waals surface area contributed by atoms with E-state index in [-0.39, 0.29) is 34.2 Å². The summed E-state index contributed by atoms with van der Waals surface area (Å²) in [6, 6.07) is 12.5. The van der Waals surface area contributed by atoms with Crippen LogP contribution in [0.15, 0.2) is 42.5 Å². The first kappa shape index (κ1) is 16.8. The molecule has 2 aromatic rings. The fourth-order valence-electron chi connectivity index (χ4n) is 2.91. The molecule has 0 aromatic heterocycles. The number of benzene rings is 2. The van der Waals surface area contributed by atoms with Crippen molar-refractivity contribution in [1.82, 2.24) is 0 Å². The number of fused-ring (bicyclic) bond motifs is 1. The van der Waals surface area contributed by atoms with Crippen LogP contribution in [0.4, 0.5) is 5.69 Å². The molecule has 4 nitrogen and oxygen atoms in total. The molecule has 0 N–H and O–H groups in total. The minimum Gasteiger partial charge on any atom is -0.452 e. The highest BCUT2D eigenvalue weighted by molar-refractivity contribution is 6.39. The maximum absolute atomic E-state index is 12.5. The van der Waals surface area contributed by atoms with E-state index in [4.69, 9.17) is 27.9 Å². The minimum atomic E-state index is -0.709. The molecule has 24 heavy (non-hydrogen) atoms. The summed E-state index contributed by atoms with van der Waals surface area (Å²) in [7, 11) is 0. The van der Waals surface area contributed by atoms with Gasteiger partial charge in [-0.2, -0.15) is 0 Å². The van der Waals surface area contributed by atoms with E-state index in [0.29, 0.717) is 0 Å². The quantitative estimate of drug-likeness (QED) is 0.770. The number of carbonyl (C=O) groups excluding carboxylic acids is 2. The van der Waals surface area contributed by atoms with Gasteiger partial charge in [-0.05, 0) is 37.1 Å². The highest BCUT2D eigenvalue weighted by Crippen LogP contribution is 2.32. The summed E-state index contributed by atoms with van der Waals surface area (Å²) < 4.78 is 5.13. The number of para-hydroxylation sites is 1. The van der Waals surface area contributed by atoms with Crippen LogP contribution >= 0.6 is 23.2 Å². The largest absolute Gasteiger partial charge is 0.452 e. The van der Waals surface area contributed by atoms with Crippen LogP contribution in [-0.2, 0) is 16.0 Å². The summed E-state index contributed by atoms with van der Waals surface area (Å²) in [5, 5.41) is 0.389. The van der Waals surface area contributed by atoms with Crippen LogP contribution < -0.4 is 4.90 Å². The van der Waals surface area contributed by atoms with Crippen molar-refractivity contribution < 1.29 is 14.3 Å². The smallest absolute Gasteiger partial charge is 0.341 e. The maximum atomic E-state index is 12.5. The number of ether oxygens (including phenoxy) is 1. The van der Waals surface area contributed by atoms with Crippen LogP contribution in [0.3, 0.4) is 0 Å². The van der Waals surface area contributed by atoms with Crippen molar-refractivity contribution in [2.45, 2.75) is 19.4 Å². The lowest BCUT2D eigenvalue weighted by molar-refractivity contribution is -0.122. The van der Waals surface area contributed by atoms with Crippen LogP contribution in [0.25, 0.3) is 0 Å². The second-order valence-corrected chi connectivity index (χ2v) is 6.43. The Morgan fingerprint density at radius 1 is 1.12 bits per heavy atom. The molecule has 3 rings (SSSR count). The van der Waals surface area contributed by atoms with Gasteiger partial charge < -0.3 is 9.64 Å². The van der Waals surface area contributed by atoms with Crippen molar-refractivity contribution >= 4 is 40.8 Å². The highest BCUT2D eigenvalue weighted by atomic mass is 35.5. The Morgan fingerprint density at radius 3 is 2.50 bits per heavy atom. The van der Waals surface area contributed by atoms with Crippen LogP contribution in [-0.4, -0.2) is 24.5 Å². The Hall–Kier alpha value is -2.04. The lowest BCUT2D eigenvalue weighted by Crippen LogP contribution is -2.38. The summed E-state index contributed by atoms with van der Waals surface area (Å²) in [5.74, 6) is -0.983. The predicted molar refractivity (Wildman–Crippen MR) is 93.8 cm³/mol. The van der Waals surface area contributed by atoms with E-state index < -0.39 is 5.97 Å². The maximum Gasteiger partial charge on any atom is 0.341 e. The summed E-state index contributed by atoms with van der Waals surface area (Å²) in [6.07, 6.45) is 0.784. The lowest BCUT2D eigenvalue weighted by atomic mass is 10.1. The lowest BCUT2D eigenvalue weighted by Gasteiger charge is -2.22. The zero-order valence-electron chi connectivity index (χ0n) is 13.0. The zero-order chi connectivity index (χ0) is 17.3. The van der Waals surface area contributed by atoms with Gasteiger partial charge in [-0.25, -0.2) is 4.79 Å². The average Bonchev–Trinajstić information content (AvgIpc) is 2.88. The number of esters is 1. The Morgan fingerprint density at radius 2 is 1.79 bits per heavy atom. The Kier molecular flexibility index (Phi) is 4.78. The first-order valence-corrected chi connectivity index (χ1v) is 8.25. The van der Waals surface area contributed by atoms with Crippen LogP contribution in [0.2, 0.25) is 10.0 Å². The van der Waals surface area contributed by atoms with Gasteiger partial charge in [-0.3, -0.25) is 4.79 Å². The first-order valence-electron chi connectivity index (χ1n) is 7.50. The summed E-state index contributed by atoms with van der Waals surface area (Å²) >= 11 is 12.0. The normalized spacial score (nSPS) is 16.0. The molecule has 0 saturated heterocycles. The van der Waals surface area contributed by atoms with E-state index in [2.05, 4.69) is 0 Å². The number of hydrogen-bond acceptors (Lipinski definition) is 3. The highest BCUT2D eigenvalue weighted by Gasteiger charge is 2.31. The number of rotatable bonds is 3. The molecular formula is C18H15Cl2NO3. The summed E-state index contributed by atoms with van der Waals surface area (Å²) in [6.45, 7) is 1.60. The Labute approximate surface area is 149 Å². The monoisotopic (exact) mass is 363 g/mol. The first-order chi connectivity index (χ1) is 11.5. The van der Waals surface area contributed by atoms with Crippen molar-refractivity contribution in [2.75, 3.05) is 11.5 Å². The Bertz CT molecular complexity index is 786. The molecule has 0 bridgehead atoms. The molecule has 0 aliphatic carbocycles. The van der Waals surface area contributed by atoms with Crippen molar-refractivity contribution in [3.05, 3.63) is 63.6 Å². The molecule has 0 unspecified atom stereocenters. The fourth-order valence-corrected chi connectivity index (χ4v) is 3.46. The van der Waals surface area contributed by atoms with E-state index >= 15 is 0 Å². The third kappa shape index (κ3) is 3.12. The molecule has 0 fully saturated rings. The fraction of sp³-hybridized carbons (Fsp3) is 0.222.